The molecule has 1 aliphatic rings. The third-order valence-electron chi connectivity index (χ3n) is 5.30. The van der Waals surface area contributed by atoms with Crippen LogP contribution >= 0.6 is 0 Å². The number of rotatable bonds is 6. The molecule has 2 aromatic heterocycles. The normalized spacial score (nSPS) is 19.2. The molecule has 3 atom stereocenters. The molecule has 1 amide bonds. The summed E-state index contributed by atoms with van der Waals surface area (Å²) in [6.07, 6.45) is 4.03. The number of aromatic nitrogens is 2. The van der Waals surface area contributed by atoms with Crippen LogP contribution in [0.1, 0.15) is 19.4 Å². The first-order valence-corrected chi connectivity index (χ1v) is 10.6. The number of hydrogen-bond donors (Lipinski definition) is 1. The van der Waals surface area contributed by atoms with Crippen molar-refractivity contribution in [2.45, 2.75) is 32.2 Å². The van der Waals surface area contributed by atoms with E-state index in [-0.39, 0.29) is 18.1 Å². The number of nitrogens with one attached hydrogen (secondary N) is 1. The number of amides is 1. The van der Waals surface area contributed by atoms with Gasteiger partial charge in [0.15, 0.2) is 6.10 Å². The molecule has 8 nitrogen and oxygen atoms in total. The molecule has 0 radical (unpaired) electrons. The van der Waals surface area contributed by atoms with Crippen LogP contribution in [0.2, 0.25) is 0 Å². The van der Waals surface area contributed by atoms with Crippen LogP contribution in [-0.4, -0.2) is 53.8 Å². The highest BCUT2D eigenvalue weighted by atomic mass is 16.5. The summed E-state index contributed by atoms with van der Waals surface area (Å²) in [5, 5.41) is 13.2. The van der Waals surface area contributed by atoms with Gasteiger partial charge in [-0.05, 0) is 50.2 Å². The first-order valence-electron chi connectivity index (χ1n) is 10.6. The number of ether oxygens (including phenoxy) is 2. The molecule has 0 bridgehead atoms. The SMILES string of the molecule is CC(CNC(=O)[C@H]1CN(c2ccc(C#N)c3ncccc23)C[C@@H](C)O1)Oc1cccnc1. The summed E-state index contributed by atoms with van der Waals surface area (Å²) in [6, 6.07) is 13.3. The number of nitrogens with zero attached hydrogens (tertiary/aromatic N) is 4. The molecule has 1 N–H and O–H groups in total. The number of nitriles is 1. The molecule has 3 heterocycles. The summed E-state index contributed by atoms with van der Waals surface area (Å²) in [4.78, 5) is 23.4. The third-order valence-corrected chi connectivity index (χ3v) is 5.30. The number of carbonyl (C=O) groups excluding carboxylic acids is 1. The smallest absolute Gasteiger partial charge is 0.251 e. The van der Waals surface area contributed by atoms with Gasteiger partial charge in [-0.1, -0.05) is 0 Å². The minimum Gasteiger partial charge on any atom is -0.487 e. The van der Waals surface area contributed by atoms with Gasteiger partial charge in [-0.25, -0.2) is 0 Å². The Labute approximate surface area is 186 Å². The zero-order valence-electron chi connectivity index (χ0n) is 18.1. The van der Waals surface area contributed by atoms with Crippen molar-refractivity contribution in [1.82, 2.24) is 15.3 Å². The Morgan fingerprint density at radius 1 is 1.31 bits per heavy atom. The van der Waals surface area contributed by atoms with Gasteiger partial charge in [0, 0.05) is 30.0 Å². The van der Waals surface area contributed by atoms with E-state index < -0.39 is 6.10 Å². The largest absolute Gasteiger partial charge is 0.487 e. The first-order chi connectivity index (χ1) is 15.5. The molecule has 164 valence electrons. The highest BCUT2D eigenvalue weighted by Gasteiger charge is 2.31. The van der Waals surface area contributed by atoms with Crippen LogP contribution in [0.25, 0.3) is 10.9 Å². The van der Waals surface area contributed by atoms with E-state index in [0.717, 1.165) is 11.1 Å². The summed E-state index contributed by atoms with van der Waals surface area (Å²) >= 11 is 0. The summed E-state index contributed by atoms with van der Waals surface area (Å²) in [6.45, 7) is 5.24. The molecule has 3 aromatic rings. The summed E-state index contributed by atoms with van der Waals surface area (Å²) in [5.41, 5.74) is 2.13. The van der Waals surface area contributed by atoms with Gasteiger partial charge in [0.2, 0.25) is 0 Å². The maximum atomic E-state index is 12.9. The average molecular weight is 431 g/mol. The number of benzene rings is 1. The van der Waals surface area contributed by atoms with E-state index in [1.165, 1.54) is 0 Å². The molecule has 1 aliphatic heterocycles. The molecule has 1 fully saturated rings. The molecule has 1 aromatic carbocycles. The van der Waals surface area contributed by atoms with Gasteiger partial charge in [0.05, 0.1) is 36.5 Å². The van der Waals surface area contributed by atoms with Crippen LogP contribution < -0.4 is 15.0 Å². The van der Waals surface area contributed by atoms with Gasteiger partial charge < -0.3 is 19.7 Å². The monoisotopic (exact) mass is 431 g/mol. The Bertz CT molecular complexity index is 1130. The summed E-state index contributed by atoms with van der Waals surface area (Å²) in [7, 11) is 0. The van der Waals surface area contributed by atoms with E-state index in [1.807, 2.05) is 38.1 Å². The number of morpholine rings is 1. The van der Waals surface area contributed by atoms with Crippen LogP contribution in [0.3, 0.4) is 0 Å². The Morgan fingerprint density at radius 2 is 2.16 bits per heavy atom. The van der Waals surface area contributed by atoms with Gasteiger partial charge in [-0.15, -0.1) is 0 Å². The second kappa shape index (κ2) is 9.62. The number of fused-ring (bicyclic) bond motifs is 1. The van der Waals surface area contributed by atoms with Gasteiger partial charge in [-0.3, -0.25) is 14.8 Å². The highest BCUT2D eigenvalue weighted by Crippen LogP contribution is 2.30. The second-order valence-corrected chi connectivity index (χ2v) is 7.85. The van der Waals surface area contributed by atoms with E-state index in [4.69, 9.17) is 9.47 Å². The van der Waals surface area contributed by atoms with Crippen molar-refractivity contribution in [2.24, 2.45) is 0 Å². The summed E-state index contributed by atoms with van der Waals surface area (Å²) in [5.74, 6) is 0.475. The number of pyridine rings is 2. The third kappa shape index (κ3) is 4.79. The average Bonchev–Trinajstić information content (AvgIpc) is 2.82. The Balaban J connectivity index is 1.44. The zero-order valence-corrected chi connectivity index (χ0v) is 18.1. The lowest BCUT2D eigenvalue weighted by molar-refractivity contribution is -0.137. The Morgan fingerprint density at radius 3 is 2.94 bits per heavy atom. The van der Waals surface area contributed by atoms with Gasteiger partial charge in [0.1, 0.15) is 17.9 Å². The summed E-state index contributed by atoms with van der Waals surface area (Å²) < 4.78 is 11.7. The maximum Gasteiger partial charge on any atom is 0.251 e. The van der Waals surface area contributed by atoms with Crippen molar-refractivity contribution in [2.75, 3.05) is 24.5 Å². The van der Waals surface area contributed by atoms with E-state index in [1.54, 1.807) is 30.7 Å². The molecule has 8 heteroatoms. The van der Waals surface area contributed by atoms with Gasteiger partial charge in [0.25, 0.3) is 5.91 Å². The lowest BCUT2D eigenvalue weighted by Crippen LogP contribution is -2.53. The van der Waals surface area contributed by atoms with E-state index in [0.29, 0.717) is 36.5 Å². The van der Waals surface area contributed by atoms with E-state index in [2.05, 4.69) is 26.3 Å². The molecule has 4 rings (SSSR count). The maximum absolute atomic E-state index is 12.9. The number of carbonyl (C=O) groups is 1. The van der Waals surface area contributed by atoms with Crippen molar-refractivity contribution in [1.29, 1.82) is 5.26 Å². The molecule has 1 unspecified atom stereocenters. The molecule has 0 saturated carbocycles. The first kappa shape index (κ1) is 21.5. The van der Waals surface area contributed by atoms with Crippen LogP contribution in [0.4, 0.5) is 5.69 Å². The molecular formula is C24H25N5O3. The van der Waals surface area contributed by atoms with E-state index >= 15 is 0 Å². The van der Waals surface area contributed by atoms with Crippen molar-refractivity contribution in [3.63, 3.8) is 0 Å². The molecule has 0 aliphatic carbocycles. The number of hydrogen-bond acceptors (Lipinski definition) is 7. The fourth-order valence-corrected chi connectivity index (χ4v) is 3.87. The Kier molecular flexibility index (Phi) is 6.47. The minimum absolute atomic E-state index is 0.133. The fraction of sp³-hybridized carbons (Fsp3) is 0.333. The van der Waals surface area contributed by atoms with Crippen LogP contribution in [0.15, 0.2) is 55.0 Å². The molecule has 0 spiro atoms. The molecule has 1 saturated heterocycles. The lowest BCUT2D eigenvalue weighted by atomic mass is 10.1. The number of anilines is 1. The van der Waals surface area contributed by atoms with Gasteiger partial charge in [-0.2, -0.15) is 5.26 Å². The highest BCUT2D eigenvalue weighted by molar-refractivity contribution is 5.95. The quantitative estimate of drug-likeness (QED) is 0.640. The predicted molar refractivity (Wildman–Crippen MR) is 120 cm³/mol. The predicted octanol–water partition coefficient (Wildman–Crippen LogP) is 2.68. The topological polar surface area (TPSA) is 100 Å². The minimum atomic E-state index is -0.619. The van der Waals surface area contributed by atoms with Crippen molar-refractivity contribution in [3.05, 3.63) is 60.6 Å². The standard InChI is InChI=1S/C24H25N5O3/c1-16(31-19-5-3-9-26-13-19)12-28-24(30)22-15-29(14-17(2)32-22)21-8-7-18(11-25)23-20(21)6-4-10-27-23/h3-10,13,16-17,22H,12,14-15H2,1-2H3,(H,28,30)/t16?,17-,22-/m1/s1. The van der Waals surface area contributed by atoms with Gasteiger partial charge >= 0.3 is 0 Å². The zero-order chi connectivity index (χ0) is 22.5. The molecular weight excluding hydrogens is 406 g/mol. The van der Waals surface area contributed by atoms with Crippen molar-refractivity contribution >= 4 is 22.5 Å². The Hall–Kier alpha value is -3.70. The fourth-order valence-electron chi connectivity index (χ4n) is 3.87. The van der Waals surface area contributed by atoms with E-state index in [9.17, 15) is 10.1 Å². The van der Waals surface area contributed by atoms with Crippen molar-refractivity contribution in [3.8, 4) is 11.8 Å². The van der Waals surface area contributed by atoms with Crippen LogP contribution in [0, 0.1) is 11.3 Å². The van der Waals surface area contributed by atoms with Crippen LogP contribution in [-0.2, 0) is 9.53 Å². The lowest BCUT2D eigenvalue weighted by Gasteiger charge is -2.38. The van der Waals surface area contributed by atoms with Crippen LogP contribution in [0.5, 0.6) is 5.75 Å². The molecule has 32 heavy (non-hydrogen) atoms. The van der Waals surface area contributed by atoms with Crippen molar-refractivity contribution < 1.29 is 14.3 Å². The second-order valence-electron chi connectivity index (χ2n) is 7.85.